The number of aromatic nitrogens is 2. The van der Waals surface area contributed by atoms with Gasteiger partial charge < -0.3 is 24.6 Å². The van der Waals surface area contributed by atoms with Crippen LogP contribution in [0.25, 0.3) is 0 Å². The molecule has 0 fully saturated rings. The molecule has 3 N–H and O–H groups in total. The predicted molar refractivity (Wildman–Crippen MR) is 110 cm³/mol. The van der Waals surface area contributed by atoms with Gasteiger partial charge in [0, 0.05) is 34.1 Å². The highest BCUT2D eigenvalue weighted by Crippen LogP contribution is 2.32. The van der Waals surface area contributed by atoms with E-state index in [9.17, 15) is 9.50 Å². The first-order valence-electron chi connectivity index (χ1n) is 8.59. The summed E-state index contributed by atoms with van der Waals surface area (Å²) in [6.07, 6.45) is 4.91. The molecule has 11 heteroatoms. The first-order chi connectivity index (χ1) is 14.6. The van der Waals surface area contributed by atoms with Crippen LogP contribution in [0.15, 0.2) is 61.2 Å². The second-order valence-corrected chi connectivity index (χ2v) is 7.09. The molecule has 31 heavy (non-hydrogen) atoms. The van der Waals surface area contributed by atoms with Crippen molar-refractivity contribution in [2.45, 2.75) is 12.1 Å². The van der Waals surface area contributed by atoms with Crippen LogP contribution in [0.1, 0.15) is 5.56 Å². The van der Waals surface area contributed by atoms with Crippen molar-refractivity contribution in [1.82, 2.24) is 9.55 Å². The molecule has 1 aromatic heterocycles. The fraction of sp³-hybridized carbons (Fsp3) is 0.150. The number of aliphatic hydroxyl groups is 1. The van der Waals surface area contributed by atoms with E-state index in [1.165, 1.54) is 18.2 Å². The maximum absolute atomic E-state index is 13.3. The largest absolute Gasteiger partial charge is 0.490 e. The molecule has 2 aromatic carbocycles. The van der Waals surface area contributed by atoms with E-state index in [1.54, 1.807) is 47.6 Å². The lowest BCUT2D eigenvalue weighted by Gasteiger charge is -2.30. The van der Waals surface area contributed by atoms with Crippen LogP contribution in [0.5, 0.6) is 5.75 Å². The molecule has 0 aliphatic heterocycles. The van der Waals surface area contributed by atoms with Crippen LogP contribution in [0.4, 0.5) is 4.39 Å². The molecular formula is C20H17Cl2FN2O6. The molecule has 0 aliphatic rings. The Morgan fingerprint density at radius 2 is 1.84 bits per heavy atom. The molecule has 8 nitrogen and oxygen atoms in total. The van der Waals surface area contributed by atoms with Crippen molar-refractivity contribution in [2.24, 2.45) is 0 Å². The second kappa shape index (κ2) is 10.8. The normalized spacial score (nSPS) is 12.3. The zero-order valence-corrected chi connectivity index (χ0v) is 17.3. The van der Waals surface area contributed by atoms with E-state index in [1.807, 2.05) is 0 Å². The molecular weight excluding hydrogens is 454 g/mol. The topological polar surface area (TPSA) is 122 Å². The first-order valence-corrected chi connectivity index (χ1v) is 9.34. The van der Waals surface area contributed by atoms with Crippen LogP contribution in [0.2, 0.25) is 10.0 Å². The maximum Gasteiger partial charge on any atom is 0.414 e. The number of aliphatic carboxylic acids is 2. The second-order valence-electron chi connectivity index (χ2n) is 6.25. The van der Waals surface area contributed by atoms with Gasteiger partial charge in [-0.2, -0.15) is 0 Å². The number of rotatable bonds is 6. The van der Waals surface area contributed by atoms with E-state index in [0.717, 1.165) is 0 Å². The van der Waals surface area contributed by atoms with E-state index in [-0.39, 0.29) is 13.2 Å². The van der Waals surface area contributed by atoms with Crippen LogP contribution in [-0.4, -0.2) is 43.4 Å². The minimum atomic E-state index is -1.82. The first kappa shape index (κ1) is 24.1. The molecule has 0 radical (unpaired) electrons. The van der Waals surface area contributed by atoms with Crippen molar-refractivity contribution in [2.75, 3.05) is 6.61 Å². The Bertz CT molecular complexity index is 1040. The molecule has 0 saturated heterocycles. The summed E-state index contributed by atoms with van der Waals surface area (Å²) in [5.74, 6) is -3.75. The number of benzene rings is 2. The Balaban J connectivity index is 0.000000501. The SMILES string of the molecule is O=C(O)C(=O)O.OC(COc1cccc(F)c1)(Cn1ccnc1)c1ccc(Cl)cc1Cl. The van der Waals surface area contributed by atoms with Crippen molar-refractivity contribution < 1.29 is 34.0 Å². The van der Waals surface area contributed by atoms with Gasteiger partial charge in [-0.05, 0) is 24.3 Å². The number of hydrogen-bond donors (Lipinski definition) is 3. The lowest BCUT2D eigenvalue weighted by Crippen LogP contribution is -2.38. The van der Waals surface area contributed by atoms with Crippen LogP contribution < -0.4 is 4.74 Å². The monoisotopic (exact) mass is 470 g/mol. The molecule has 1 atom stereocenters. The Hall–Kier alpha value is -3.14. The third kappa shape index (κ3) is 7.25. The number of carboxylic acid groups (broad SMARTS) is 2. The molecule has 0 bridgehead atoms. The molecule has 1 heterocycles. The number of halogens is 3. The third-order valence-corrected chi connectivity index (χ3v) is 4.44. The molecule has 0 aliphatic carbocycles. The Kier molecular flexibility index (Phi) is 8.38. The van der Waals surface area contributed by atoms with Gasteiger partial charge in [0.25, 0.3) is 0 Å². The van der Waals surface area contributed by atoms with Gasteiger partial charge in [0.15, 0.2) is 0 Å². The van der Waals surface area contributed by atoms with Gasteiger partial charge in [-0.15, -0.1) is 0 Å². The molecule has 0 spiro atoms. The number of carbonyl (C=O) groups is 2. The third-order valence-electron chi connectivity index (χ3n) is 3.89. The summed E-state index contributed by atoms with van der Waals surface area (Å²) in [5.41, 5.74) is -1.00. The van der Waals surface area contributed by atoms with Crippen LogP contribution in [-0.2, 0) is 21.7 Å². The van der Waals surface area contributed by atoms with Gasteiger partial charge in [-0.25, -0.2) is 19.0 Å². The number of carboxylic acids is 2. The van der Waals surface area contributed by atoms with Crippen molar-refractivity contribution in [3.05, 3.63) is 82.6 Å². The van der Waals surface area contributed by atoms with Crippen LogP contribution in [0, 0.1) is 5.82 Å². The van der Waals surface area contributed by atoms with Crippen LogP contribution >= 0.6 is 23.2 Å². The lowest BCUT2D eigenvalue weighted by molar-refractivity contribution is -0.159. The minimum absolute atomic E-state index is 0.129. The standard InChI is InChI=1S/C18H15Cl2FN2O2.C2H2O4/c19-13-4-5-16(17(20)8-13)18(24,10-23-7-6-22-12-23)11-25-15-3-1-2-14(21)9-15;3-1(4)2(5)6/h1-9,12,24H,10-11H2;(H,3,4)(H,5,6). The number of imidazole rings is 1. The average Bonchev–Trinajstić information content (AvgIpc) is 3.19. The summed E-state index contributed by atoms with van der Waals surface area (Å²) < 4.78 is 20.7. The Morgan fingerprint density at radius 3 is 2.39 bits per heavy atom. The summed E-state index contributed by atoms with van der Waals surface area (Å²) in [4.78, 5) is 22.2. The summed E-state index contributed by atoms with van der Waals surface area (Å²) in [6, 6.07) is 10.6. The zero-order valence-electron chi connectivity index (χ0n) is 15.8. The quantitative estimate of drug-likeness (QED) is 0.471. The highest BCUT2D eigenvalue weighted by molar-refractivity contribution is 6.35. The summed E-state index contributed by atoms with van der Waals surface area (Å²) in [5, 5.41) is 26.8. The van der Waals surface area contributed by atoms with Crippen LogP contribution in [0.3, 0.4) is 0 Å². The Labute approximate surface area is 186 Å². The smallest absolute Gasteiger partial charge is 0.414 e. The fourth-order valence-electron chi connectivity index (χ4n) is 2.52. The van der Waals surface area contributed by atoms with E-state index in [2.05, 4.69) is 4.98 Å². The van der Waals surface area contributed by atoms with Gasteiger partial charge in [-0.3, -0.25) is 0 Å². The summed E-state index contributed by atoms with van der Waals surface area (Å²) >= 11 is 12.2. The van der Waals surface area contributed by atoms with Gasteiger partial charge >= 0.3 is 11.9 Å². The zero-order chi connectivity index (χ0) is 23.0. The Morgan fingerprint density at radius 1 is 1.13 bits per heavy atom. The van der Waals surface area contributed by atoms with Gasteiger partial charge in [-0.1, -0.05) is 35.3 Å². The van der Waals surface area contributed by atoms with Crippen molar-refractivity contribution in [1.29, 1.82) is 0 Å². The number of nitrogens with zero attached hydrogens (tertiary/aromatic N) is 2. The molecule has 164 valence electrons. The van der Waals surface area contributed by atoms with E-state index < -0.39 is 23.4 Å². The van der Waals surface area contributed by atoms with Crippen molar-refractivity contribution in [3.8, 4) is 5.75 Å². The summed E-state index contributed by atoms with van der Waals surface area (Å²) in [7, 11) is 0. The van der Waals surface area contributed by atoms with Gasteiger partial charge in [0.1, 0.15) is 23.8 Å². The van der Waals surface area contributed by atoms with Gasteiger partial charge in [0.05, 0.1) is 12.9 Å². The number of ether oxygens (including phenoxy) is 1. The van der Waals surface area contributed by atoms with E-state index in [4.69, 9.17) is 47.7 Å². The molecule has 1 unspecified atom stereocenters. The molecule has 0 saturated carbocycles. The van der Waals surface area contributed by atoms with Crippen molar-refractivity contribution in [3.63, 3.8) is 0 Å². The van der Waals surface area contributed by atoms with E-state index >= 15 is 0 Å². The molecule has 0 amide bonds. The highest BCUT2D eigenvalue weighted by Gasteiger charge is 2.33. The molecule has 3 rings (SSSR count). The van der Waals surface area contributed by atoms with E-state index in [0.29, 0.717) is 21.4 Å². The van der Waals surface area contributed by atoms with Gasteiger partial charge in [0.2, 0.25) is 0 Å². The maximum atomic E-state index is 13.3. The number of hydrogen-bond acceptors (Lipinski definition) is 5. The lowest BCUT2D eigenvalue weighted by atomic mass is 9.94. The minimum Gasteiger partial charge on any atom is -0.490 e. The predicted octanol–water partition coefficient (Wildman–Crippen LogP) is 3.45. The fourth-order valence-corrected chi connectivity index (χ4v) is 3.10. The summed E-state index contributed by atoms with van der Waals surface area (Å²) in [6.45, 7) is 0.0274. The van der Waals surface area contributed by atoms with Crippen molar-refractivity contribution >= 4 is 35.1 Å². The highest BCUT2D eigenvalue weighted by atomic mass is 35.5. The average molecular weight is 471 g/mol. The molecule has 3 aromatic rings.